The second-order valence-electron chi connectivity index (χ2n) is 6.88. The molecule has 31 heavy (non-hydrogen) atoms. The number of halogens is 3. The summed E-state index contributed by atoms with van der Waals surface area (Å²) in [4.78, 5) is 25.0. The van der Waals surface area contributed by atoms with E-state index >= 15 is 0 Å². The van der Waals surface area contributed by atoms with Gasteiger partial charge in [-0.25, -0.2) is 9.59 Å². The van der Waals surface area contributed by atoms with Crippen molar-refractivity contribution in [2.75, 3.05) is 13.7 Å². The number of carbonyl (C=O) groups excluding carboxylic acids is 2. The minimum absolute atomic E-state index is 0.233. The molecule has 5 nitrogen and oxygen atoms in total. The molecule has 0 fully saturated rings. The van der Waals surface area contributed by atoms with Crippen molar-refractivity contribution >= 4 is 11.9 Å². The molecule has 0 spiro atoms. The van der Waals surface area contributed by atoms with Gasteiger partial charge >= 0.3 is 18.1 Å². The molecule has 1 unspecified atom stereocenters. The number of esters is 2. The Morgan fingerprint density at radius 1 is 0.968 bits per heavy atom. The number of rotatable bonds is 10. The molecule has 0 aliphatic heterocycles. The van der Waals surface area contributed by atoms with Crippen LogP contribution in [-0.4, -0.2) is 37.9 Å². The van der Waals surface area contributed by atoms with Gasteiger partial charge in [-0.3, -0.25) is 0 Å². The van der Waals surface area contributed by atoms with Crippen LogP contribution in [0.15, 0.2) is 60.7 Å². The highest BCUT2D eigenvalue weighted by Gasteiger charge is 2.64. The molecule has 0 saturated heterocycles. The molecule has 0 aliphatic carbocycles. The second-order valence-corrected chi connectivity index (χ2v) is 6.88. The highest BCUT2D eigenvalue weighted by molar-refractivity contribution is 5.89. The van der Waals surface area contributed by atoms with Crippen LogP contribution < -0.4 is 0 Å². The lowest BCUT2D eigenvalue weighted by Gasteiger charge is -2.33. The Morgan fingerprint density at radius 2 is 1.55 bits per heavy atom. The Labute approximate surface area is 179 Å². The van der Waals surface area contributed by atoms with Crippen LogP contribution in [-0.2, 0) is 24.6 Å². The maximum Gasteiger partial charge on any atom is 0.432 e. The van der Waals surface area contributed by atoms with Gasteiger partial charge in [-0.15, -0.1) is 0 Å². The van der Waals surface area contributed by atoms with Gasteiger partial charge in [-0.05, 0) is 25.0 Å². The summed E-state index contributed by atoms with van der Waals surface area (Å²) in [6.45, 7) is 1.51. The Hall–Kier alpha value is -2.87. The quantitative estimate of drug-likeness (QED) is 0.486. The minimum Gasteiger partial charge on any atom is -0.458 e. The van der Waals surface area contributed by atoms with Gasteiger partial charge in [0.2, 0.25) is 0 Å². The summed E-state index contributed by atoms with van der Waals surface area (Å²) in [6, 6.07) is 14.7. The van der Waals surface area contributed by atoms with E-state index in [0.29, 0.717) is 12.8 Å². The maximum absolute atomic E-state index is 14.0. The van der Waals surface area contributed by atoms with Crippen molar-refractivity contribution in [3.05, 3.63) is 71.8 Å². The van der Waals surface area contributed by atoms with Crippen LogP contribution in [0.5, 0.6) is 0 Å². The van der Waals surface area contributed by atoms with E-state index in [-0.39, 0.29) is 18.6 Å². The van der Waals surface area contributed by atoms with E-state index in [0.717, 1.165) is 19.2 Å². The smallest absolute Gasteiger partial charge is 0.432 e. The molecule has 2 atom stereocenters. The van der Waals surface area contributed by atoms with E-state index in [1.807, 2.05) is 6.92 Å². The second kappa shape index (κ2) is 10.9. The zero-order chi connectivity index (χ0) is 22.9. The monoisotopic (exact) mass is 438 g/mol. The van der Waals surface area contributed by atoms with Crippen LogP contribution in [0.1, 0.15) is 42.1 Å². The minimum atomic E-state index is -5.07. The van der Waals surface area contributed by atoms with Gasteiger partial charge in [-0.1, -0.05) is 61.9 Å². The zero-order valence-electron chi connectivity index (χ0n) is 17.4. The summed E-state index contributed by atoms with van der Waals surface area (Å²) in [7, 11) is 0.804. The van der Waals surface area contributed by atoms with Crippen molar-refractivity contribution in [3.63, 3.8) is 0 Å². The van der Waals surface area contributed by atoms with E-state index in [1.165, 1.54) is 18.2 Å². The van der Waals surface area contributed by atoms with Gasteiger partial charge in [0.1, 0.15) is 12.7 Å². The van der Waals surface area contributed by atoms with Crippen LogP contribution in [0.3, 0.4) is 0 Å². The third-order valence-corrected chi connectivity index (χ3v) is 4.74. The van der Waals surface area contributed by atoms with Crippen molar-refractivity contribution in [3.8, 4) is 0 Å². The molecule has 168 valence electrons. The lowest BCUT2D eigenvalue weighted by atomic mass is 9.92. The van der Waals surface area contributed by atoms with E-state index < -0.39 is 35.4 Å². The van der Waals surface area contributed by atoms with Crippen molar-refractivity contribution in [1.82, 2.24) is 0 Å². The van der Waals surface area contributed by atoms with Gasteiger partial charge in [0.15, 0.2) is 0 Å². The number of benzene rings is 2. The van der Waals surface area contributed by atoms with Crippen molar-refractivity contribution < 1.29 is 37.0 Å². The summed E-state index contributed by atoms with van der Waals surface area (Å²) < 4.78 is 57.3. The third-order valence-electron chi connectivity index (χ3n) is 4.74. The van der Waals surface area contributed by atoms with Crippen LogP contribution in [0.25, 0.3) is 0 Å². The van der Waals surface area contributed by atoms with Crippen LogP contribution in [0.2, 0.25) is 0 Å². The first-order valence-corrected chi connectivity index (χ1v) is 9.87. The predicted molar refractivity (Wildman–Crippen MR) is 107 cm³/mol. The first kappa shape index (κ1) is 24.4. The first-order chi connectivity index (χ1) is 14.8. The number of alkyl halides is 3. The fourth-order valence-corrected chi connectivity index (χ4v) is 3.06. The Bertz CT molecular complexity index is 839. The lowest BCUT2D eigenvalue weighted by Crippen LogP contribution is -2.52. The Morgan fingerprint density at radius 3 is 2.06 bits per heavy atom. The van der Waals surface area contributed by atoms with Crippen molar-refractivity contribution in [1.29, 1.82) is 0 Å². The number of unbranched alkanes of at least 4 members (excludes halogenated alkanes) is 1. The number of hydrogen-bond acceptors (Lipinski definition) is 5. The zero-order valence-corrected chi connectivity index (χ0v) is 17.4. The molecule has 2 aromatic carbocycles. The standard InChI is InChI=1S/C23H25F3O5/c1-3-4-15-19(16-30-20(27)17-11-7-5-8-12-17)31-21(28)22(29-2,23(24,25)26)18-13-9-6-10-14-18/h5-14,19H,3-4,15-16H2,1-2H3/t19-,22?/m1/s1. The summed E-state index contributed by atoms with van der Waals surface area (Å²) in [6.07, 6.45) is -4.61. The predicted octanol–water partition coefficient (Wildman–Crippen LogP) is 5.05. The summed E-state index contributed by atoms with van der Waals surface area (Å²) in [5.74, 6) is -2.26. The van der Waals surface area contributed by atoms with Gasteiger partial charge in [0, 0.05) is 12.7 Å². The highest BCUT2D eigenvalue weighted by atomic mass is 19.4. The lowest BCUT2D eigenvalue weighted by molar-refractivity contribution is -0.278. The Kier molecular flexibility index (Phi) is 8.62. The molecule has 0 aliphatic rings. The van der Waals surface area contributed by atoms with E-state index in [4.69, 9.17) is 14.2 Å². The summed E-state index contributed by atoms with van der Waals surface area (Å²) >= 11 is 0. The molecule has 0 saturated carbocycles. The molecule has 0 radical (unpaired) electrons. The van der Waals surface area contributed by atoms with Crippen LogP contribution >= 0.6 is 0 Å². The van der Waals surface area contributed by atoms with E-state index in [9.17, 15) is 22.8 Å². The molecule has 0 N–H and O–H groups in total. The number of ether oxygens (including phenoxy) is 3. The van der Waals surface area contributed by atoms with E-state index in [1.54, 1.807) is 30.3 Å². The van der Waals surface area contributed by atoms with Gasteiger partial charge in [-0.2, -0.15) is 13.2 Å². The van der Waals surface area contributed by atoms with Crippen molar-refractivity contribution in [2.45, 2.75) is 44.1 Å². The molecule has 0 heterocycles. The number of carbonyl (C=O) groups is 2. The largest absolute Gasteiger partial charge is 0.458 e. The maximum atomic E-state index is 14.0. The number of methoxy groups -OCH3 is 1. The van der Waals surface area contributed by atoms with Crippen molar-refractivity contribution in [2.24, 2.45) is 0 Å². The van der Waals surface area contributed by atoms with Gasteiger partial charge in [0.05, 0.1) is 5.56 Å². The molecule has 0 amide bonds. The number of hydrogen-bond donors (Lipinski definition) is 0. The summed E-state index contributed by atoms with van der Waals surface area (Å²) in [5, 5.41) is 0. The average molecular weight is 438 g/mol. The van der Waals surface area contributed by atoms with E-state index in [2.05, 4.69) is 0 Å². The average Bonchev–Trinajstić information content (AvgIpc) is 2.76. The SMILES string of the molecule is CCCC[C@H](COC(=O)c1ccccc1)OC(=O)C(OC)(c1ccccc1)C(F)(F)F. The summed E-state index contributed by atoms with van der Waals surface area (Å²) in [5.41, 5.74) is -3.40. The topological polar surface area (TPSA) is 61.8 Å². The van der Waals surface area contributed by atoms with Crippen LogP contribution in [0.4, 0.5) is 13.2 Å². The fraction of sp³-hybridized carbons (Fsp3) is 0.391. The third kappa shape index (κ3) is 5.85. The highest BCUT2D eigenvalue weighted by Crippen LogP contribution is 2.43. The fourth-order valence-electron chi connectivity index (χ4n) is 3.06. The molecular formula is C23H25F3O5. The first-order valence-electron chi connectivity index (χ1n) is 9.87. The van der Waals surface area contributed by atoms with Crippen LogP contribution in [0, 0.1) is 0 Å². The van der Waals surface area contributed by atoms with Gasteiger partial charge in [0.25, 0.3) is 5.60 Å². The van der Waals surface area contributed by atoms with Gasteiger partial charge < -0.3 is 14.2 Å². The molecule has 0 aromatic heterocycles. The molecule has 0 bridgehead atoms. The molecule has 8 heteroatoms. The molecular weight excluding hydrogens is 413 g/mol. The molecule has 2 rings (SSSR count). The normalized spacial score (nSPS) is 14.4. The Balaban J connectivity index is 2.23. The molecule has 2 aromatic rings.